The number of phenols is 1. The maximum absolute atomic E-state index is 12.1. The Morgan fingerprint density at radius 2 is 1.90 bits per heavy atom. The molecule has 0 radical (unpaired) electrons. The highest BCUT2D eigenvalue weighted by molar-refractivity contribution is 7.11. The predicted octanol–water partition coefficient (Wildman–Crippen LogP) is 3.37. The van der Waals surface area contributed by atoms with Gasteiger partial charge in [-0.05, 0) is 34.4 Å². The van der Waals surface area contributed by atoms with E-state index in [4.69, 9.17) is 0 Å². The molecule has 0 saturated heterocycles. The summed E-state index contributed by atoms with van der Waals surface area (Å²) in [6.07, 6.45) is 1.57. The number of benzene rings is 2. The average molecular weight is 296 g/mol. The highest BCUT2D eigenvalue weighted by atomic mass is 32.1. The molecule has 1 heterocycles. The van der Waals surface area contributed by atoms with Gasteiger partial charge in [-0.3, -0.25) is 4.79 Å². The number of nitrogens with one attached hydrogen (secondary N) is 1. The van der Waals surface area contributed by atoms with Crippen molar-refractivity contribution in [3.8, 4) is 5.75 Å². The van der Waals surface area contributed by atoms with Gasteiger partial charge in [0, 0.05) is 4.88 Å². The van der Waals surface area contributed by atoms with Gasteiger partial charge in [0.1, 0.15) is 5.75 Å². The van der Waals surface area contributed by atoms with Crippen molar-refractivity contribution in [2.24, 2.45) is 5.10 Å². The minimum atomic E-state index is -0.439. The zero-order valence-corrected chi connectivity index (χ0v) is 11.8. The van der Waals surface area contributed by atoms with E-state index in [2.05, 4.69) is 10.5 Å². The fourth-order valence-corrected chi connectivity index (χ4v) is 2.57. The number of carbonyl (C=O) groups excluding carboxylic acids is 1. The summed E-state index contributed by atoms with van der Waals surface area (Å²) in [5, 5.41) is 17.5. The lowest BCUT2D eigenvalue weighted by Crippen LogP contribution is -2.17. The van der Waals surface area contributed by atoms with Crippen LogP contribution in [0.25, 0.3) is 10.8 Å². The molecule has 0 unspecified atom stereocenters. The number of amides is 1. The molecule has 0 atom stereocenters. The summed E-state index contributed by atoms with van der Waals surface area (Å²) in [6, 6.07) is 14.6. The van der Waals surface area contributed by atoms with Crippen LogP contribution in [0.3, 0.4) is 0 Å². The number of hydrazone groups is 1. The molecule has 3 rings (SSSR count). The predicted molar refractivity (Wildman–Crippen MR) is 85.0 cm³/mol. The van der Waals surface area contributed by atoms with Crippen molar-refractivity contribution in [2.45, 2.75) is 0 Å². The second kappa shape index (κ2) is 5.76. The van der Waals surface area contributed by atoms with E-state index in [1.807, 2.05) is 41.8 Å². The van der Waals surface area contributed by atoms with Crippen LogP contribution in [0.5, 0.6) is 5.75 Å². The molecular formula is C16H12N2O2S. The first-order chi connectivity index (χ1) is 10.2. The highest BCUT2D eigenvalue weighted by Crippen LogP contribution is 2.24. The molecule has 0 aliphatic carbocycles. The Labute approximate surface area is 125 Å². The Balaban J connectivity index is 1.82. The van der Waals surface area contributed by atoms with Gasteiger partial charge in [0.05, 0.1) is 11.8 Å². The number of phenolic OH excluding ortho intramolecular Hbond substituents is 1. The number of thiophene rings is 1. The van der Waals surface area contributed by atoms with Crippen LogP contribution < -0.4 is 5.43 Å². The second-order valence-corrected chi connectivity index (χ2v) is 5.41. The van der Waals surface area contributed by atoms with Gasteiger partial charge in [-0.15, -0.1) is 11.3 Å². The van der Waals surface area contributed by atoms with Gasteiger partial charge in [-0.1, -0.05) is 30.3 Å². The molecule has 0 aliphatic rings. The summed E-state index contributed by atoms with van der Waals surface area (Å²) in [5.74, 6) is -0.497. The van der Waals surface area contributed by atoms with E-state index < -0.39 is 5.91 Å². The molecule has 0 fully saturated rings. The lowest BCUT2D eigenvalue weighted by Gasteiger charge is -2.05. The summed E-state index contributed by atoms with van der Waals surface area (Å²) in [4.78, 5) is 13.0. The van der Waals surface area contributed by atoms with Crippen molar-refractivity contribution in [3.63, 3.8) is 0 Å². The maximum Gasteiger partial charge on any atom is 0.275 e. The molecule has 104 valence electrons. The molecule has 3 aromatic rings. The van der Waals surface area contributed by atoms with Gasteiger partial charge in [0.2, 0.25) is 0 Å². The van der Waals surface area contributed by atoms with Gasteiger partial charge in [0.25, 0.3) is 5.91 Å². The standard InChI is InChI=1S/C16H12N2O2S/c19-15-9-12-5-2-1-4-11(12)8-14(15)16(20)18-17-10-13-6-3-7-21-13/h1-10,19H,(H,18,20). The number of nitrogens with zero attached hydrogens (tertiary/aromatic N) is 1. The maximum atomic E-state index is 12.1. The van der Waals surface area contributed by atoms with Gasteiger partial charge in [0.15, 0.2) is 0 Å². The molecule has 2 N–H and O–H groups in total. The van der Waals surface area contributed by atoms with Crippen molar-refractivity contribution < 1.29 is 9.90 Å². The molecule has 0 aliphatic heterocycles. The minimum Gasteiger partial charge on any atom is -0.507 e. The van der Waals surface area contributed by atoms with E-state index in [9.17, 15) is 9.90 Å². The Morgan fingerprint density at radius 3 is 2.62 bits per heavy atom. The van der Waals surface area contributed by atoms with Crippen LogP contribution in [0.1, 0.15) is 15.2 Å². The topological polar surface area (TPSA) is 61.7 Å². The van der Waals surface area contributed by atoms with Gasteiger partial charge in [-0.2, -0.15) is 5.10 Å². The summed E-state index contributed by atoms with van der Waals surface area (Å²) in [7, 11) is 0. The van der Waals surface area contributed by atoms with Gasteiger partial charge >= 0.3 is 0 Å². The lowest BCUT2D eigenvalue weighted by atomic mass is 10.1. The molecule has 1 aromatic heterocycles. The summed E-state index contributed by atoms with van der Waals surface area (Å²) >= 11 is 1.53. The number of rotatable bonds is 3. The monoisotopic (exact) mass is 296 g/mol. The Kier molecular flexibility index (Phi) is 3.66. The van der Waals surface area contributed by atoms with Crippen LogP contribution in [0.2, 0.25) is 0 Å². The van der Waals surface area contributed by atoms with E-state index in [1.165, 1.54) is 11.3 Å². The van der Waals surface area contributed by atoms with Crippen LogP contribution in [0.15, 0.2) is 59.0 Å². The largest absolute Gasteiger partial charge is 0.507 e. The Hall–Kier alpha value is -2.66. The van der Waals surface area contributed by atoms with Crippen molar-refractivity contribution in [2.75, 3.05) is 0 Å². The summed E-state index contributed by atoms with van der Waals surface area (Å²) in [6.45, 7) is 0. The van der Waals surface area contributed by atoms with Crippen molar-refractivity contribution in [1.29, 1.82) is 0 Å². The number of carbonyl (C=O) groups is 1. The van der Waals surface area contributed by atoms with Crippen LogP contribution in [-0.2, 0) is 0 Å². The molecule has 5 heteroatoms. The smallest absolute Gasteiger partial charge is 0.275 e. The number of hydrogen-bond donors (Lipinski definition) is 2. The SMILES string of the molecule is O=C(NN=Cc1cccs1)c1cc2ccccc2cc1O. The molecule has 0 bridgehead atoms. The molecule has 2 aromatic carbocycles. The van der Waals surface area contributed by atoms with E-state index in [1.54, 1.807) is 18.3 Å². The minimum absolute atomic E-state index is 0.0578. The average Bonchev–Trinajstić information content (AvgIpc) is 2.99. The van der Waals surface area contributed by atoms with Gasteiger partial charge in [-0.25, -0.2) is 5.43 Å². The molecule has 4 nitrogen and oxygen atoms in total. The first-order valence-corrected chi connectivity index (χ1v) is 7.21. The molecule has 21 heavy (non-hydrogen) atoms. The van der Waals surface area contributed by atoms with Crippen molar-refractivity contribution >= 4 is 34.2 Å². The zero-order valence-electron chi connectivity index (χ0n) is 11.0. The third kappa shape index (κ3) is 2.93. The normalized spacial score (nSPS) is 11.0. The quantitative estimate of drug-likeness (QED) is 0.575. The van der Waals surface area contributed by atoms with Gasteiger partial charge < -0.3 is 5.11 Å². The van der Waals surface area contributed by atoms with E-state index >= 15 is 0 Å². The molecule has 0 saturated carbocycles. The zero-order chi connectivity index (χ0) is 14.7. The fraction of sp³-hybridized carbons (Fsp3) is 0. The van der Waals surface area contributed by atoms with Crippen molar-refractivity contribution in [1.82, 2.24) is 5.43 Å². The van der Waals surface area contributed by atoms with E-state index in [-0.39, 0.29) is 11.3 Å². The third-order valence-electron chi connectivity index (χ3n) is 3.01. The fourth-order valence-electron chi connectivity index (χ4n) is 1.99. The summed E-state index contributed by atoms with van der Waals surface area (Å²) < 4.78 is 0. The highest BCUT2D eigenvalue weighted by Gasteiger charge is 2.11. The first-order valence-electron chi connectivity index (χ1n) is 6.33. The number of fused-ring (bicyclic) bond motifs is 1. The number of hydrogen-bond acceptors (Lipinski definition) is 4. The van der Waals surface area contributed by atoms with E-state index in [0.717, 1.165) is 15.6 Å². The first kappa shape index (κ1) is 13.3. The van der Waals surface area contributed by atoms with Crippen LogP contribution in [0, 0.1) is 0 Å². The van der Waals surface area contributed by atoms with Crippen LogP contribution in [-0.4, -0.2) is 17.2 Å². The molecule has 0 spiro atoms. The molecular weight excluding hydrogens is 284 g/mol. The third-order valence-corrected chi connectivity index (χ3v) is 3.82. The van der Waals surface area contributed by atoms with E-state index in [0.29, 0.717) is 0 Å². The molecule has 1 amide bonds. The Morgan fingerprint density at radius 1 is 1.14 bits per heavy atom. The second-order valence-electron chi connectivity index (χ2n) is 4.43. The van der Waals surface area contributed by atoms with Crippen molar-refractivity contribution in [3.05, 3.63) is 64.4 Å². The Bertz CT molecular complexity index is 810. The number of aromatic hydroxyl groups is 1. The summed E-state index contributed by atoms with van der Waals surface area (Å²) in [5.41, 5.74) is 2.63. The van der Waals surface area contributed by atoms with Crippen LogP contribution in [0.4, 0.5) is 0 Å². The van der Waals surface area contributed by atoms with Crippen LogP contribution >= 0.6 is 11.3 Å². The lowest BCUT2D eigenvalue weighted by molar-refractivity contribution is 0.0952.